The Morgan fingerprint density at radius 1 is 1.18 bits per heavy atom. The maximum absolute atomic E-state index is 14.8. The second-order valence-electron chi connectivity index (χ2n) is 7.78. The largest absolute Gasteiger partial charge is 0.441 e. The summed E-state index contributed by atoms with van der Waals surface area (Å²) in [5.74, 6) is -0.361. The normalized spacial score (nSPS) is 19.6. The summed E-state index contributed by atoms with van der Waals surface area (Å²) in [6, 6.07) is 7.28. The molecule has 1 amide bonds. The minimum atomic E-state index is -4.95. The number of carbonyl (C=O) groups is 1. The van der Waals surface area contributed by atoms with Gasteiger partial charge in [-0.2, -0.15) is 18.0 Å². The molecule has 9 nitrogen and oxygen atoms in total. The Morgan fingerprint density at radius 3 is 2.61 bits per heavy atom. The lowest BCUT2D eigenvalue weighted by Crippen LogP contribution is -2.42. The van der Waals surface area contributed by atoms with E-state index in [2.05, 4.69) is 25.1 Å². The first kappa shape index (κ1) is 21.2. The Balaban J connectivity index is 1.33. The van der Waals surface area contributed by atoms with E-state index in [0.717, 1.165) is 23.8 Å². The number of alkyl halides is 3. The van der Waals surface area contributed by atoms with Crippen LogP contribution in [0, 0.1) is 5.82 Å². The van der Waals surface area contributed by atoms with Gasteiger partial charge in [-0.15, -0.1) is 10.2 Å². The van der Waals surface area contributed by atoms with Crippen molar-refractivity contribution >= 4 is 11.8 Å². The Labute approximate surface area is 183 Å². The van der Waals surface area contributed by atoms with E-state index in [0.29, 0.717) is 17.1 Å². The minimum absolute atomic E-state index is 0.00333. The fourth-order valence-corrected chi connectivity index (χ4v) is 3.45. The Morgan fingerprint density at radius 2 is 1.97 bits per heavy atom. The van der Waals surface area contributed by atoms with Gasteiger partial charge in [-0.1, -0.05) is 6.07 Å². The molecule has 2 fully saturated rings. The van der Waals surface area contributed by atoms with Crippen LogP contribution in [0.4, 0.5) is 28.0 Å². The zero-order valence-electron chi connectivity index (χ0n) is 16.8. The summed E-state index contributed by atoms with van der Waals surface area (Å²) in [6.07, 6.45) is -7.23. The van der Waals surface area contributed by atoms with Crippen molar-refractivity contribution in [3.8, 4) is 22.6 Å². The number of aliphatic hydroxyl groups excluding tert-OH is 1. The highest BCUT2D eigenvalue weighted by Gasteiger charge is 2.49. The van der Waals surface area contributed by atoms with Crippen LogP contribution in [0.3, 0.4) is 0 Å². The molecule has 1 N–H and O–H groups in total. The highest BCUT2D eigenvalue weighted by atomic mass is 19.4. The molecule has 3 heterocycles. The van der Waals surface area contributed by atoms with E-state index >= 15 is 0 Å². The fraction of sp³-hybridized carbons (Fsp3) is 0.350. The Kier molecular flexibility index (Phi) is 5.00. The highest BCUT2D eigenvalue weighted by molar-refractivity contribution is 5.90. The monoisotopic (exact) mass is 464 g/mol. The van der Waals surface area contributed by atoms with Gasteiger partial charge in [-0.05, 0) is 42.3 Å². The number of rotatable bonds is 5. The molecule has 2 atom stereocenters. The summed E-state index contributed by atoms with van der Waals surface area (Å²) in [5.41, 5.74) is 1.08. The molecule has 2 aromatic heterocycles. The maximum Gasteiger partial charge on any atom is 0.418 e. The van der Waals surface area contributed by atoms with Crippen molar-refractivity contribution in [2.45, 2.75) is 37.3 Å². The third-order valence-corrected chi connectivity index (χ3v) is 5.39. The molecular weight excluding hydrogens is 448 g/mol. The minimum Gasteiger partial charge on any atom is -0.441 e. The van der Waals surface area contributed by atoms with E-state index in [9.17, 15) is 27.5 Å². The van der Waals surface area contributed by atoms with Gasteiger partial charge in [-0.3, -0.25) is 9.88 Å². The number of halogens is 4. The summed E-state index contributed by atoms with van der Waals surface area (Å²) >= 11 is 0. The number of aromatic nitrogens is 5. The third-order valence-electron chi connectivity index (χ3n) is 5.39. The number of pyridine rings is 1. The summed E-state index contributed by atoms with van der Waals surface area (Å²) in [7, 11) is 0. The molecular formula is C20H16F4N6O3. The van der Waals surface area contributed by atoms with Crippen molar-refractivity contribution in [1.29, 1.82) is 0 Å². The molecule has 1 saturated heterocycles. The number of aliphatic hydroxyl groups is 1. The van der Waals surface area contributed by atoms with Gasteiger partial charge in [0.15, 0.2) is 12.2 Å². The SMILES string of the molecule is O=C1O[C@@H](C(O)C(F)(F)F)CN1c1ccc(-c2ccc(-c3nnn(C4CC4)n3)nc2)c(F)c1. The molecule has 0 bridgehead atoms. The summed E-state index contributed by atoms with van der Waals surface area (Å²) in [4.78, 5) is 18.6. The van der Waals surface area contributed by atoms with Gasteiger partial charge in [-0.25, -0.2) is 9.18 Å². The molecule has 33 heavy (non-hydrogen) atoms. The highest BCUT2D eigenvalue weighted by Crippen LogP contribution is 2.34. The quantitative estimate of drug-likeness (QED) is 0.579. The molecule has 1 saturated carbocycles. The van der Waals surface area contributed by atoms with Gasteiger partial charge in [0.1, 0.15) is 11.5 Å². The molecule has 0 radical (unpaired) electrons. The number of anilines is 1. The van der Waals surface area contributed by atoms with Crippen molar-refractivity contribution in [3.05, 3.63) is 42.3 Å². The van der Waals surface area contributed by atoms with E-state index in [1.54, 1.807) is 16.9 Å². The summed E-state index contributed by atoms with van der Waals surface area (Å²) in [6.45, 7) is -0.566. The zero-order chi connectivity index (χ0) is 23.3. The van der Waals surface area contributed by atoms with Crippen molar-refractivity contribution < 1.29 is 32.2 Å². The third kappa shape index (κ3) is 4.11. The van der Waals surface area contributed by atoms with Crippen LogP contribution >= 0.6 is 0 Å². The Bertz CT molecular complexity index is 1200. The lowest BCUT2D eigenvalue weighted by molar-refractivity contribution is -0.224. The number of carbonyl (C=O) groups excluding carboxylic acids is 1. The van der Waals surface area contributed by atoms with Crippen molar-refractivity contribution in [3.63, 3.8) is 0 Å². The van der Waals surface area contributed by atoms with Crippen LogP contribution in [0.2, 0.25) is 0 Å². The van der Waals surface area contributed by atoms with Crippen molar-refractivity contribution in [1.82, 2.24) is 25.2 Å². The molecule has 2 aliphatic rings. The number of nitrogens with zero attached hydrogens (tertiary/aromatic N) is 6. The van der Waals surface area contributed by atoms with Crippen LogP contribution in [-0.2, 0) is 4.74 Å². The Hall–Kier alpha value is -3.61. The molecule has 5 rings (SSSR count). The average Bonchev–Trinajstić information content (AvgIpc) is 3.38. The standard InChI is InChI=1S/C20H16F4N6O3/c21-14-7-12(29-9-16(33-19(29)32)17(31)20(22,23)24)4-5-13(14)10-1-6-15(25-8-10)18-26-28-30(27-18)11-2-3-11/h1,4-8,11,16-17,31H,2-3,9H2/t16-,17?/m1/s1. The molecule has 0 spiro atoms. The molecule has 172 valence electrons. The van der Waals surface area contributed by atoms with Crippen molar-refractivity contribution in [2.24, 2.45) is 0 Å². The second kappa shape index (κ2) is 7.76. The predicted molar refractivity (Wildman–Crippen MR) is 104 cm³/mol. The van der Waals surface area contributed by atoms with Gasteiger partial charge in [0.2, 0.25) is 5.82 Å². The maximum atomic E-state index is 14.8. The van der Waals surface area contributed by atoms with Crippen molar-refractivity contribution in [2.75, 3.05) is 11.4 Å². The van der Waals surface area contributed by atoms with Gasteiger partial charge in [0, 0.05) is 17.3 Å². The predicted octanol–water partition coefficient (Wildman–Crippen LogP) is 3.12. The topological polar surface area (TPSA) is 106 Å². The van der Waals surface area contributed by atoms with Crippen LogP contribution in [-0.4, -0.2) is 61.3 Å². The van der Waals surface area contributed by atoms with Gasteiger partial charge in [0.05, 0.1) is 18.3 Å². The van der Waals surface area contributed by atoms with E-state index in [1.165, 1.54) is 18.3 Å². The number of ether oxygens (including phenoxy) is 1. The van der Waals surface area contributed by atoms with E-state index < -0.39 is 36.8 Å². The number of cyclic esters (lactones) is 1. The molecule has 13 heteroatoms. The lowest BCUT2D eigenvalue weighted by Gasteiger charge is -2.19. The number of hydrogen-bond donors (Lipinski definition) is 1. The smallest absolute Gasteiger partial charge is 0.418 e. The van der Waals surface area contributed by atoms with Crippen LogP contribution in [0.5, 0.6) is 0 Å². The van der Waals surface area contributed by atoms with Gasteiger partial charge >= 0.3 is 12.3 Å². The van der Waals surface area contributed by atoms with Crippen LogP contribution in [0.1, 0.15) is 18.9 Å². The summed E-state index contributed by atoms with van der Waals surface area (Å²) < 4.78 is 57.5. The number of tetrazole rings is 1. The van der Waals surface area contributed by atoms with Crippen LogP contribution in [0.25, 0.3) is 22.6 Å². The molecule has 1 aliphatic heterocycles. The zero-order valence-corrected chi connectivity index (χ0v) is 16.8. The first-order valence-electron chi connectivity index (χ1n) is 9.99. The molecule has 3 aromatic rings. The fourth-order valence-electron chi connectivity index (χ4n) is 3.45. The number of amides is 1. The molecule has 1 aromatic carbocycles. The lowest BCUT2D eigenvalue weighted by atomic mass is 10.1. The van der Waals surface area contributed by atoms with E-state index in [4.69, 9.17) is 0 Å². The number of hydrogen-bond acceptors (Lipinski definition) is 7. The summed E-state index contributed by atoms with van der Waals surface area (Å²) in [5, 5.41) is 21.6. The van der Waals surface area contributed by atoms with Crippen LogP contribution < -0.4 is 4.90 Å². The van der Waals surface area contributed by atoms with E-state index in [1.807, 2.05) is 0 Å². The second-order valence-corrected chi connectivity index (χ2v) is 7.78. The van der Waals surface area contributed by atoms with Crippen LogP contribution in [0.15, 0.2) is 36.5 Å². The molecule has 1 aliphatic carbocycles. The van der Waals surface area contributed by atoms with E-state index in [-0.39, 0.29) is 17.3 Å². The first-order chi connectivity index (χ1) is 15.7. The number of benzene rings is 1. The molecule has 1 unspecified atom stereocenters. The van der Waals surface area contributed by atoms with Gasteiger partial charge < -0.3 is 9.84 Å². The first-order valence-corrected chi connectivity index (χ1v) is 9.99. The average molecular weight is 464 g/mol. The van der Waals surface area contributed by atoms with Gasteiger partial charge in [0.25, 0.3) is 0 Å².